The summed E-state index contributed by atoms with van der Waals surface area (Å²) < 4.78 is 0. The molecule has 0 heterocycles. The quantitative estimate of drug-likeness (QED) is 0.578. The molecule has 3 nitrogen and oxygen atoms in total. The number of aliphatic hydroxyl groups is 1. The van der Waals surface area contributed by atoms with Crippen molar-refractivity contribution in [1.82, 2.24) is 0 Å². The highest BCUT2D eigenvalue weighted by atomic mass is 16.4. The van der Waals surface area contributed by atoms with Gasteiger partial charge in [0, 0.05) is 13.0 Å². The fourth-order valence-electron chi connectivity index (χ4n) is 1.54. The van der Waals surface area contributed by atoms with Crippen molar-refractivity contribution < 1.29 is 15.0 Å². The Morgan fingerprint density at radius 1 is 1.00 bits per heavy atom. The van der Waals surface area contributed by atoms with Crippen LogP contribution in [0.5, 0.6) is 0 Å². The molecule has 0 aliphatic carbocycles. The highest BCUT2D eigenvalue weighted by Gasteiger charge is 1.94. The third kappa shape index (κ3) is 24.6. The zero-order valence-electron chi connectivity index (χ0n) is 12.5. The molecule has 0 aliphatic heterocycles. The second kappa shape index (κ2) is 16.4. The van der Waals surface area contributed by atoms with E-state index in [1.54, 1.807) is 0 Å². The zero-order valence-corrected chi connectivity index (χ0v) is 12.5. The lowest BCUT2D eigenvalue weighted by Crippen LogP contribution is -1.92. The molecule has 0 spiro atoms. The van der Waals surface area contributed by atoms with Gasteiger partial charge in [0.2, 0.25) is 0 Å². The molecule has 2 N–H and O–H groups in total. The van der Waals surface area contributed by atoms with Crippen molar-refractivity contribution in [2.45, 2.75) is 78.6 Å². The van der Waals surface area contributed by atoms with Gasteiger partial charge in [0.05, 0.1) is 0 Å². The molecule has 18 heavy (non-hydrogen) atoms. The molecule has 0 unspecified atom stereocenters. The van der Waals surface area contributed by atoms with Crippen molar-refractivity contribution >= 4 is 5.97 Å². The molecule has 0 aliphatic rings. The molecule has 0 fully saturated rings. The molecule has 0 rings (SSSR count). The number of carboxylic acids is 1. The lowest BCUT2D eigenvalue weighted by atomic mass is 10.1. The molecular formula is C15H32O3. The van der Waals surface area contributed by atoms with E-state index in [1.807, 2.05) is 0 Å². The summed E-state index contributed by atoms with van der Waals surface area (Å²) in [6.45, 7) is 6.94. The van der Waals surface area contributed by atoms with E-state index in [1.165, 1.54) is 25.7 Å². The normalized spacial score (nSPS) is 10.1. The van der Waals surface area contributed by atoms with E-state index in [2.05, 4.69) is 20.8 Å². The minimum Gasteiger partial charge on any atom is -0.481 e. The topological polar surface area (TPSA) is 57.5 Å². The third-order valence-electron chi connectivity index (χ3n) is 2.68. The Labute approximate surface area is 113 Å². The SMILES string of the molecule is CC(C)CCCCCO.CCCCCCC(=O)O. The maximum atomic E-state index is 9.96. The van der Waals surface area contributed by atoms with Gasteiger partial charge in [-0.2, -0.15) is 0 Å². The van der Waals surface area contributed by atoms with Crippen molar-refractivity contribution in [2.24, 2.45) is 5.92 Å². The lowest BCUT2D eigenvalue weighted by Gasteiger charge is -2.01. The van der Waals surface area contributed by atoms with Crippen molar-refractivity contribution in [3.63, 3.8) is 0 Å². The summed E-state index contributed by atoms with van der Waals surface area (Å²) >= 11 is 0. The Morgan fingerprint density at radius 2 is 1.61 bits per heavy atom. The number of aliphatic carboxylic acids is 1. The average molecular weight is 260 g/mol. The molecule has 3 heteroatoms. The number of aliphatic hydroxyl groups excluding tert-OH is 1. The van der Waals surface area contributed by atoms with Crippen molar-refractivity contribution in [3.8, 4) is 0 Å². The molecular weight excluding hydrogens is 228 g/mol. The number of unbranched alkanes of at least 4 members (excludes halogenated alkanes) is 5. The van der Waals surface area contributed by atoms with Gasteiger partial charge in [-0.1, -0.05) is 59.3 Å². The highest BCUT2D eigenvalue weighted by Crippen LogP contribution is 2.07. The molecule has 0 bridgehead atoms. The van der Waals surface area contributed by atoms with Crippen LogP contribution in [-0.2, 0) is 4.79 Å². The number of carboxylic acid groups (broad SMARTS) is 1. The number of carbonyl (C=O) groups is 1. The molecule has 0 saturated heterocycles. The van der Waals surface area contributed by atoms with Gasteiger partial charge in [-0.05, 0) is 18.8 Å². The molecule has 0 atom stereocenters. The first-order valence-corrected chi connectivity index (χ1v) is 7.37. The van der Waals surface area contributed by atoms with E-state index < -0.39 is 5.97 Å². The number of hydrogen-bond donors (Lipinski definition) is 2. The second-order valence-electron chi connectivity index (χ2n) is 5.17. The molecule has 0 amide bonds. The van der Waals surface area contributed by atoms with Gasteiger partial charge in [-0.25, -0.2) is 0 Å². The van der Waals surface area contributed by atoms with E-state index in [0.717, 1.165) is 31.6 Å². The predicted molar refractivity (Wildman–Crippen MR) is 76.8 cm³/mol. The van der Waals surface area contributed by atoms with Gasteiger partial charge in [-0.15, -0.1) is 0 Å². The first-order valence-electron chi connectivity index (χ1n) is 7.37. The van der Waals surface area contributed by atoms with Crippen LogP contribution in [0.3, 0.4) is 0 Å². The van der Waals surface area contributed by atoms with Crippen molar-refractivity contribution in [1.29, 1.82) is 0 Å². The minimum atomic E-state index is -0.675. The Bertz CT molecular complexity index is 167. The van der Waals surface area contributed by atoms with Crippen LogP contribution < -0.4 is 0 Å². The van der Waals surface area contributed by atoms with Gasteiger partial charge in [0.15, 0.2) is 0 Å². The Hall–Kier alpha value is -0.570. The van der Waals surface area contributed by atoms with Crippen LogP contribution in [0.15, 0.2) is 0 Å². The lowest BCUT2D eigenvalue weighted by molar-refractivity contribution is -0.137. The standard InChI is InChI=1S/C8H18O.C7H14O2/c1-8(2)6-4-3-5-7-9;1-2-3-4-5-6-7(8)9/h8-9H,3-7H2,1-2H3;2-6H2,1H3,(H,8,9). The maximum Gasteiger partial charge on any atom is 0.303 e. The molecule has 110 valence electrons. The third-order valence-corrected chi connectivity index (χ3v) is 2.68. The van der Waals surface area contributed by atoms with Crippen molar-refractivity contribution in [2.75, 3.05) is 6.61 Å². The summed E-state index contributed by atoms with van der Waals surface area (Å²) in [5, 5.41) is 16.6. The van der Waals surface area contributed by atoms with Crippen LogP contribution in [0.2, 0.25) is 0 Å². The smallest absolute Gasteiger partial charge is 0.303 e. The minimum absolute atomic E-state index is 0.333. The van der Waals surface area contributed by atoms with E-state index >= 15 is 0 Å². The van der Waals surface area contributed by atoms with E-state index in [9.17, 15) is 4.79 Å². The molecule has 0 aromatic heterocycles. The van der Waals surface area contributed by atoms with E-state index in [0.29, 0.717) is 13.0 Å². The predicted octanol–water partition coefficient (Wildman–Crippen LogP) is 4.24. The van der Waals surface area contributed by atoms with Gasteiger partial charge >= 0.3 is 5.97 Å². The van der Waals surface area contributed by atoms with Gasteiger partial charge < -0.3 is 10.2 Å². The van der Waals surface area contributed by atoms with Crippen molar-refractivity contribution in [3.05, 3.63) is 0 Å². The first kappa shape index (κ1) is 19.8. The van der Waals surface area contributed by atoms with Crippen LogP contribution in [0, 0.1) is 5.92 Å². The summed E-state index contributed by atoms with van der Waals surface area (Å²) in [4.78, 5) is 9.96. The Kier molecular flexibility index (Phi) is 18.0. The molecule has 0 saturated carbocycles. The highest BCUT2D eigenvalue weighted by molar-refractivity contribution is 5.66. The van der Waals surface area contributed by atoms with Crippen LogP contribution >= 0.6 is 0 Å². The molecule has 0 aromatic carbocycles. The summed E-state index contributed by atoms with van der Waals surface area (Å²) in [5.41, 5.74) is 0. The summed E-state index contributed by atoms with van der Waals surface area (Å²) in [6.07, 6.45) is 9.30. The first-order chi connectivity index (χ1) is 8.54. The van der Waals surface area contributed by atoms with Gasteiger partial charge in [-0.3, -0.25) is 4.79 Å². The summed E-state index contributed by atoms with van der Waals surface area (Å²) in [6, 6.07) is 0. The second-order valence-corrected chi connectivity index (χ2v) is 5.17. The monoisotopic (exact) mass is 260 g/mol. The summed E-state index contributed by atoms with van der Waals surface area (Å²) in [5.74, 6) is 0.148. The van der Waals surface area contributed by atoms with Gasteiger partial charge in [0.1, 0.15) is 0 Å². The van der Waals surface area contributed by atoms with Crippen LogP contribution in [0.25, 0.3) is 0 Å². The van der Waals surface area contributed by atoms with Crippen LogP contribution in [0.4, 0.5) is 0 Å². The summed E-state index contributed by atoms with van der Waals surface area (Å²) in [7, 11) is 0. The maximum absolute atomic E-state index is 9.96. The van der Waals surface area contributed by atoms with E-state index in [4.69, 9.17) is 10.2 Å². The fourth-order valence-corrected chi connectivity index (χ4v) is 1.54. The van der Waals surface area contributed by atoms with Crippen LogP contribution in [-0.4, -0.2) is 22.8 Å². The number of hydrogen-bond acceptors (Lipinski definition) is 2. The van der Waals surface area contributed by atoms with Gasteiger partial charge in [0.25, 0.3) is 0 Å². The van der Waals surface area contributed by atoms with Crippen LogP contribution in [0.1, 0.15) is 78.6 Å². The molecule has 0 aromatic rings. The molecule has 0 radical (unpaired) electrons. The largest absolute Gasteiger partial charge is 0.481 e. The fraction of sp³-hybridized carbons (Fsp3) is 0.933. The number of rotatable bonds is 10. The Morgan fingerprint density at radius 3 is 2.06 bits per heavy atom. The Balaban J connectivity index is 0. The zero-order chi connectivity index (χ0) is 14.2. The van der Waals surface area contributed by atoms with E-state index in [-0.39, 0.29) is 0 Å². The average Bonchev–Trinajstić information content (AvgIpc) is 2.31.